The summed E-state index contributed by atoms with van der Waals surface area (Å²) in [5, 5.41) is 31.5. The minimum atomic E-state index is -1.64. The lowest BCUT2D eigenvalue weighted by atomic mass is 9.96. The van der Waals surface area contributed by atoms with Crippen LogP contribution in [0.2, 0.25) is 0 Å². The van der Waals surface area contributed by atoms with Crippen molar-refractivity contribution >= 4 is 35.2 Å². The number of hydrogen-bond donors (Lipinski definition) is 5. The molecule has 10 nitrogen and oxygen atoms in total. The lowest BCUT2D eigenvalue weighted by Crippen LogP contribution is -2.59. The number of nitrogens with one attached hydrogen (secondary N) is 3. The molecule has 1 saturated heterocycles. The highest BCUT2D eigenvalue weighted by Crippen LogP contribution is 2.41. The fourth-order valence-electron chi connectivity index (χ4n) is 6.71. The van der Waals surface area contributed by atoms with Gasteiger partial charge in [0.25, 0.3) is 11.8 Å². The number of benzene rings is 3. The number of aliphatic hydroxyl groups excluding tert-OH is 2. The number of aryl methyl sites for hydroxylation is 2. The second kappa shape index (κ2) is 15.0. The Bertz CT molecular complexity index is 1610. The Morgan fingerprint density at radius 1 is 1.04 bits per heavy atom. The van der Waals surface area contributed by atoms with E-state index in [1.165, 1.54) is 16.7 Å². The predicted molar refractivity (Wildman–Crippen MR) is 188 cm³/mol. The standard InChI is InChI=1S/C37H46N4O6S/c1-6-38-26-16-22(2)33(23(3)17-26)47-20-30(43)39-28(18-24-12-8-7-9-13-24)32(44)36(46)41-21-48-37(4,5)34(41)35(45)40-31-27-15-11-10-14-25(27)19-29(31)42/h7-17,28-29,31-32,34,38,42,44H,6,18-21H2,1-5H3,(H,39,43)(H,40,45). The zero-order valence-electron chi connectivity index (χ0n) is 28.2. The number of rotatable bonds is 12. The number of carbonyl (C=O) groups is 3. The van der Waals surface area contributed by atoms with E-state index in [0.29, 0.717) is 12.2 Å². The van der Waals surface area contributed by atoms with E-state index in [4.69, 9.17) is 4.74 Å². The van der Waals surface area contributed by atoms with E-state index < -0.39 is 52.8 Å². The van der Waals surface area contributed by atoms with Crippen LogP contribution in [0.4, 0.5) is 5.69 Å². The second-order valence-electron chi connectivity index (χ2n) is 13.1. The normalized spacial score (nSPS) is 20.8. The third kappa shape index (κ3) is 7.80. The molecule has 2 aliphatic rings. The van der Waals surface area contributed by atoms with E-state index in [9.17, 15) is 24.6 Å². The number of hydrogen-bond acceptors (Lipinski definition) is 8. The van der Waals surface area contributed by atoms with E-state index in [-0.39, 0.29) is 18.9 Å². The minimum absolute atomic E-state index is 0.182. The number of amides is 3. The first-order valence-corrected chi connectivity index (χ1v) is 17.4. The molecule has 256 valence electrons. The quantitative estimate of drug-likeness (QED) is 0.196. The Hall–Kier alpha value is -4.06. The van der Waals surface area contributed by atoms with Gasteiger partial charge in [-0.05, 0) is 81.0 Å². The Kier molecular flexibility index (Phi) is 11.0. The van der Waals surface area contributed by atoms with Crippen molar-refractivity contribution in [2.75, 3.05) is 24.3 Å². The molecule has 5 N–H and O–H groups in total. The van der Waals surface area contributed by atoms with E-state index in [1.54, 1.807) is 0 Å². The average molecular weight is 675 g/mol. The molecule has 3 amide bonds. The molecule has 5 unspecified atom stereocenters. The van der Waals surface area contributed by atoms with Gasteiger partial charge in [0.05, 0.1) is 24.1 Å². The van der Waals surface area contributed by atoms with Crippen LogP contribution < -0.4 is 20.7 Å². The van der Waals surface area contributed by atoms with Crippen LogP contribution in [-0.2, 0) is 27.2 Å². The molecule has 1 aliphatic heterocycles. The van der Waals surface area contributed by atoms with Crippen molar-refractivity contribution in [3.63, 3.8) is 0 Å². The summed E-state index contributed by atoms with van der Waals surface area (Å²) < 4.78 is 5.26. The molecule has 5 rings (SSSR count). The first-order chi connectivity index (χ1) is 22.9. The molecule has 1 heterocycles. The van der Waals surface area contributed by atoms with Gasteiger partial charge in [0.1, 0.15) is 11.8 Å². The lowest BCUT2D eigenvalue weighted by molar-refractivity contribution is -0.148. The molecule has 1 aliphatic carbocycles. The van der Waals surface area contributed by atoms with Crippen LogP contribution in [0.15, 0.2) is 66.7 Å². The van der Waals surface area contributed by atoms with Gasteiger partial charge in [0.2, 0.25) is 5.91 Å². The van der Waals surface area contributed by atoms with Crippen LogP contribution in [0, 0.1) is 13.8 Å². The fraction of sp³-hybridized carbons (Fsp3) is 0.432. The number of anilines is 1. The van der Waals surface area contributed by atoms with Crippen molar-refractivity contribution < 1.29 is 29.3 Å². The Morgan fingerprint density at radius 3 is 2.40 bits per heavy atom. The summed E-state index contributed by atoms with van der Waals surface area (Å²) in [4.78, 5) is 42.6. The van der Waals surface area contributed by atoms with Crippen molar-refractivity contribution in [3.8, 4) is 5.75 Å². The van der Waals surface area contributed by atoms with Gasteiger partial charge in [-0.25, -0.2) is 0 Å². The zero-order chi connectivity index (χ0) is 34.6. The lowest BCUT2D eigenvalue weighted by Gasteiger charge is -2.34. The molecule has 11 heteroatoms. The summed E-state index contributed by atoms with van der Waals surface area (Å²) in [5.41, 5.74) is 5.36. The van der Waals surface area contributed by atoms with Crippen LogP contribution >= 0.6 is 11.8 Å². The Labute approximate surface area is 286 Å². The van der Waals surface area contributed by atoms with Gasteiger partial charge in [-0.2, -0.15) is 0 Å². The predicted octanol–water partition coefficient (Wildman–Crippen LogP) is 3.66. The summed E-state index contributed by atoms with van der Waals surface area (Å²) >= 11 is 1.43. The minimum Gasteiger partial charge on any atom is -0.483 e. The molecule has 0 spiro atoms. The van der Waals surface area contributed by atoms with Crippen molar-refractivity contribution in [1.82, 2.24) is 15.5 Å². The van der Waals surface area contributed by atoms with Gasteiger partial charge in [-0.1, -0.05) is 54.6 Å². The number of fused-ring (bicyclic) bond motifs is 1. The van der Waals surface area contributed by atoms with Gasteiger partial charge >= 0.3 is 0 Å². The Morgan fingerprint density at radius 2 is 1.71 bits per heavy atom. The van der Waals surface area contributed by atoms with Gasteiger partial charge in [0, 0.05) is 23.4 Å². The van der Waals surface area contributed by atoms with Crippen LogP contribution in [0.1, 0.15) is 54.6 Å². The van der Waals surface area contributed by atoms with E-state index in [2.05, 4.69) is 16.0 Å². The van der Waals surface area contributed by atoms with E-state index in [0.717, 1.165) is 40.0 Å². The average Bonchev–Trinajstić information content (AvgIpc) is 3.54. The number of ether oxygens (including phenoxy) is 1. The van der Waals surface area contributed by atoms with Crippen molar-refractivity contribution in [1.29, 1.82) is 0 Å². The number of aliphatic hydroxyl groups is 2. The summed E-state index contributed by atoms with van der Waals surface area (Å²) in [7, 11) is 0. The second-order valence-corrected chi connectivity index (χ2v) is 14.7. The molecule has 5 atom stereocenters. The zero-order valence-corrected chi connectivity index (χ0v) is 29.0. The monoisotopic (exact) mass is 674 g/mol. The maximum absolute atomic E-state index is 14.1. The van der Waals surface area contributed by atoms with Gasteiger partial charge in [-0.15, -0.1) is 11.8 Å². The first-order valence-electron chi connectivity index (χ1n) is 16.4. The molecule has 0 bridgehead atoms. The Balaban J connectivity index is 1.31. The van der Waals surface area contributed by atoms with Crippen molar-refractivity contribution in [2.45, 2.75) is 82.5 Å². The molecule has 1 fully saturated rings. The largest absolute Gasteiger partial charge is 0.483 e. The van der Waals surface area contributed by atoms with E-state index >= 15 is 0 Å². The molecule has 3 aromatic rings. The molecule has 0 aromatic heterocycles. The smallest absolute Gasteiger partial charge is 0.258 e. The molecule has 0 radical (unpaired) electrons. The molecule has 48 heavy (non-hydrogen) atoms. The van der Waals surface area contributed by atoms with Crippen molar-refractivity contribution in [2.24, 2.45) is 0 Å². The van der Waals surface area contributed by atoms with Gasteiger partial charge in [0.15, 0.2) is 12.7 Å². The summed E-state index contributed by atoms with van der Waals surface area (Å²) in [6.07, 6.45) is -1.82. The highest BCUT2D eigenvalue weighted by molar-refractivity contribution is 8.00. The fourth-order valence-corrected chi connectivity index (χ4v) is 7.86. The van der Waals surface area contributed by atoms with Crippen LogP contribution in [0.5, 0.6) is 5.75 Å². The summed E-state index contributed by atoms with van der Waals surface area (Å²) in [6.45, 7) is 10.1. The SMILES string of the molecule is CCNc1cc(C)c(OCC(=O)NC(Cc2ccccc2)C(O)C(=O)N2CSC(C)(C)C2C(=O)NC2c3ccccc3CC2O)c(C)c1. The number of carbonyl (C=O) groups excluding carboxylic acids is 3. The number of nitrogens with zero attached hydrogens (tertiary/aromatic N) is 1. The summed E-state index contributed by atoms with van der Waals surface area (Å²) in [6, 6.07) is 18.3. The van der Waals surface area contributed by atoms with Crippen LogP contribution in [0.3, 0.4) is 0 Å². The molecule has 0 saturated carbocycles. The highest BCUT2D eigenvalue weighted by Gasteiger charge is 2.50. The maximum Gasteiger partial charge on any atom is 0.258 e. The maximum atomic E-state index is 14.1. The van der Waals surface area contributed by atoms with Crippen LogP contribution in [0.25, 0.3) is 0 Å². The highest BCUT2D eigenvalue weighted by atomic mass is 32.2. The molecular formula is C37H46N4O6S. The van der Waals surface area contributed by atoms with Crippen LogP contribution in [-0.4, -0.2) is 80.9 Å². The molecular weight excluding hydrogens is 628 g/mol. The molecule has 3 aromatic carbocycles. The van der Waals surface area contributed by atoms with Crippen molar-refractivity contribution in [3.05, 3.63) is 94.5 Å². The third-order valence-corrected chi connectivity index (χ3v) is 10.4. The van der Waals surface area contributed by atoms with Gasteiger partial charge in [-0.3, -0.25) is 14.4 Å². The van der Waals surface area contributed by atoms with E-state index in [1.807, 2.05) is 101 Å². The van der Waals surface area contributed by atoms with Gasteiger partial charge < -0.3 is 35.8 Å². The number of thioether (sulfide) groups is 1. The third-order valence-electron chi connectivity index (χ3n) is 9.05. The first kappa shape index (κ1) is 35.3. The summed E-state index contributed by atoms with van der Waals surface area (Å²) in [5.74, 6) is -0.774. The topological polar surface area (TPSA) is 140 Å².